The highest BCUT2D eigenvalue weighted by Crippen LogP contribution is 2.34. The summed E-state index contributed by atoms with van der Waals surface area (Å²) in [6.07, 6.45) is 6.07. The number of rotatable bonds is 8. The zero-order valence-corrected chi connectivity index (χ0v) is 17.9. The number of aromatic nitrogens is 1. The van der Waals surface area contributed by atoms with E-state index in [-0.39, 0.29) is 18.1 Å². The van der Waals surface area contributed by atoms with Gasteiger partial charge in [0.25, 0.3) is 5.56 Å². The van der Waals surface area contributed by atoms with Crippen LogP contribution in [-0.2, 0) is 11.3 Å². The maximum Gasteiger partial charge on any atom is 0.308 e. The van der Waals surface area contributed by atoms with Gasteiger partial charge in [-0.15, -0.1) is 0 Å². The quantitative estimate of drug-likeness (QED) is 0.399. The molecule has 156 valence electrons. The number of nitrogens with zero attached hydrogens (tertiary/aromatic N) is 1. The minimum absolute atomic E-state index is 0.0905. The molecule has 2 aromatic rings. The fourth-order valence-corrected chi connectivity index (χ4v) is 3.06. The Hall–Kier alpha value is -3.02. The number of nitrogen functional groups attached to an aromatic ring is 1. The molecule has 0 aliphatic rings. The van der Waals surface area contributed by atoms with Gasteiger partial charge in [0.1, 0.15) is 6.61 Å². The number of fused-ring (bicyclic) bond motifs is 1. The number of pyridine rings is 1. The van der Waals surface area contributed by atoms with Crippen LogP contribution in [-0.4, -0.2) is 17.1 Å². The van der Waals surface area contributed by atoms with Gasteiger partial charge in [-0.3, -0.25) is 9.59 Å². The van der Waals surface area contributed by atoms with Gasteiger partial charge in [-0.25, -0.2) is 0 Å². The number of ether oxygens (including phenoxy) is 2. The van der Waals surface area contributed by atoms with Crippen molar-refractivity contribution in [3.8, 4) is 11.5 Å². The number of nitrogens with two attached hydrogens (primary N) is 1. The minimum Gasteiger partial charge on any atom is -0.485 e. The molecule has 0 aliphatic carbocycles. The number of anilines is 1. The Kier molecular flexibility index (Phi) is 7.65. The van der Waals surface area contributed by atoms with Crippen LogP contribution in [0.3, 0.4) is 0 Å². The molecule has 0 aliphatic heterocycles. The highest BCUT2D eigenvalue weighted by atomic mass is 16.6. The summed E-state index contributed by atoms with van der Waals surface area (Å²) >= 11 is 0. The summed E-state index contributed by atoms with van der Waals surface area (Å²) in [7, 11) is 0. The number of esters is 1. The molecule has 6 nitrogen and oxygen atoms in total. The molecule has 0 unspecified atom stereocenters. The molecule has 0 saturated heterocycles. The first-order valence-electron chi connectivity index (χ1n) is 9.80. The predicted octanol–water partition coefficient (Wildman–Crippen LogP) is 4.60. The summed E-state index contributed by atoms with van der Waals surface area (Å²) in [6, 6.07) is 5.24. The molecule has 2 N–H and O–H groups in total. The Morgan fingerprint density at radius 2 is 1.86 bits per heavy atom. The number of carbonyl (C=O) groups excluding carboxylic acids is 1. The Morgan fingerprint density at radius 1 is 1.14 bits per heavy atom. The van der Waals surface area contributed by atoms with Gasteiger partial charge in [-0.2, -0.15) is 0 Å². The second kappa shape index (κ2) is 9.96. The fraction of sp³-hybridized carbons (Fsp3) is 0.391. The van der Waals surface area contributed by atoms with E-state index in [0.717, 1.165) is 12.8 Å². The Morgan fingerprint density at radius 3 is 2.48 bits per heavy atom. The second-order valence-electron chi connectivity index (χ2n) is 7.26. The molecule has 1 aromatic heterocycles. The minimum atomic E-state index is -0.571. The van der Waals surface area contributed by atoms with Crippen LogP contribution in [0.5, 0.6) is 11.5 Å². The molecule has 1 heterocycles. The van der Waals surface area contributed by atoms with Crippen molar-refractivity contribution < 1.29 is 14.3 Å². The van der Waals surface area contributed by atoms with Crippen LogP contribution in [0.25, 0.3) is 10.9 Å². The van der Waals surface area contributed by atoms with E-state index in [1.54, 1.807) is 18.2 Å². The molecule has 0 atom stereocenters. The molecule has 29 heavy (non-hydrogen) atoms. The molecule has 0 spiro atoms. The first-order valence-corrected chi connectivity index (χ1v) is 9.80. The fourth-order valence-electron chi connectivity index (χ4n) is 3.06. The second-order valence-corrected chi connectivity index (χ2v) is 7.26. The number of hydrogen-bond acceptors (Lipinski definition) is 5. The third kappa shape index (κ3) is 5.73. The van der Waals surface area contributed by atoms with Crippen LogP contribution in [0.4, 0.5) is 5.69 Å². The lowest BCUT2D eigenvalue weighted by Gasteiger charge is -2.17. The third-order valence-corrected chi connectivity index (χ3v) is 4.52. The Labute approximate surface area is 171 Å². The molecular weight excluding hydrogens is 368 g/mol. The van der Waals surface area contributed by atoms with E-state index in [0.29, 0.717) is 23.1 Å². The van der Waals surface area contributed by atoms with E-state index in [9.17, 15) is 9.59 Å². The van der Waals surface area contributed by atoms with Crippen molar-refractivity contribution in [1.82, 2.24) is 4.57 Å². The van der Waals surface area contributed by atoms with Gasteiger partial charge in [0.2, 0.25) is 5.75 Å². The monoisotopic (exact) mass is 398 g/mol. The van der Waals surface area contributed by atoms with Crippen molar-refractivity contribution in [2.75, 3.05) is 12.3 Å². The SMILES string of the molecule is CCn1c(=O)c(OC(C)=O)c(OCC=C(C)CCC=C(C)C)c2ccc(N)cc21. The van der Waals surface area contributed by atoms with Gasteiger partial charge in [0.15, 0.2) is 5.75 Å². The highest BCUT2D eigenvalue weighted by Gasteiger charge is 2.20. The number of benzene rings is 1. The Balaban J connectivity index is 2.43. The van der Waals surface area contributed by atoms with Crippen LogP contribution in [0.15, 0.2) is 46.3 Å². The van der Waals surface area contributed by atoms with E-state index in [1.165, 1.54) is 22.6 Å². The van der Waals surface area contributed by atoms with Crippen molar-refractivity contribution in [2.45, 2.75) is 54.0 Å². The van der Waals surface area contributed by atoms with Gasteiger partial charge in [0, 0.05) is 24.5 Å². The molecule has 0 bridgehead atoms. The summed E-state index contributed by atoms with van der Waals surface area (Å²) in [5.41, 5.74) is 9.17. The average Bonchev–Trinajstić information content (AvgIpc) is 2.63. The van der Waals surface area contributed by atoms with Crippen LogP contribution in [0.1, 0.15) is 47.5 Å². The van der Waals surface area contributed by atoms with Gasteiger partial charge in [-0.1, -0.05) is 17.2 Å². The van der Waals surface area contributed by atoms with Crippen LogP contribution >= 0.6 is 0 Å². The Bertz CT molecular complexity index is 1010. The lowest BCUT2D eigenvalue weighted by molar-refractivity contribution is -0.132. The van der Waals surface area contributed by atoms with Crippen molar-refractivity contribution in [3.05, 3.63) is 51.9 Å². The molecule has 1 aromatic carbocycles. The zero-order chi connectivity index (χ0) is 21.6. The van der Waals surface area contributed by atoms with Crippen LogP contribution < -0.4 is 20.8 Å². The number of aryl methyl sites for hydroxylation is 1. The summed E-state index contributed by atoms with van der Waals surface area (Å²) < 4.78 is 12.7. The molecule has 0 radical (unpaired) electrons. The van der Waals surface area contributed by atoms with E-state index in [1.807, 2.05) is 19.9 Å². The smallest absolute Gasteiger partial charge is 0.308 e. The summed E-state index contributed by atoms with van der Waals surface area (Å²) in [4.78, 5) is 24.5. The molecule has 0 fully saturated rings. The van der Waals surface area contributed by atoms with E-state index >= 15 is 0 Å². The zero-order valence-electron chi connectivity index (χ0n) is 17.9. The summed E-state index contributed by atoms with van der Waals surface area (Å²) in [5.74, 6) is -0.400. The third-order valence-electron chi connectivity index (χ3n) is 4.52. The standard InChI is InChI=1S/C23H30N2O4/c1-6-25-20-14-18(24)10-11-19(20)21(22(23(25)27)29-17(5)26)28-13-12-16(4)9-7-8-15(2)3/h8,10-12,14H,6-7,9,13,24H2,1-5H3. The van der Waals surface area contributed by atoms with Crippen molar-refractivity contribution in [3.63, 3.8) is 0 Å². The first kappa shape index (κ1) is 22.3. The molecule has 0 saturated carbocycles. The van der Waals surface area contributed by atoms with Crippen molar-refractivity contribution >= 4 is 22.6 Å². The highest BCUT2D eigenvalue weighted by molar-refractivity contribution is 5.90. The van der Waals surface area contributed by atoms with Gasteiger partial charge in [0.05, 0.1) is 5.52 Å². The van der Waals surface area contributed by atoms with E-state index in [4.69, 9.17) is 15.2 Å². The molecule has 0 amide bonds. The largest absolute Gasteiger partial charge is 0.485 e. The van der Waals surface area contributed by atoms with Crippen molar-refractivity contribution in [2.24, 2.45) is 0 Å². The number of carbonyl (C=O) groups is 1. The summed E-state index contributed by atoms with van der Waals surface area (Å²) in [5, 5.41) is 0.674. The number of allylic oxidation sites excluding steroid dienone is 3. The molecular formula is C23H30N2O4. The lowest BCUT2D eigenvalue weighted by atomic mass is 10.1. The number of hydrogen-bond donors (Lipinski definition) is 1. The van der Waals surface area contributed by atoms with Gasteiger partial charge in [-0.05, 0) is 64.8 Å². The topological polar surface area (TPSA) is 83.5 Å². The predicted molar refractivity (Wildman–Crippen MR) is 118 cm³/mol. The van der Waals surface area contributed by atoms with E-state index in [2.05, 4.69) is 19.9 Å². The average molecular weight is 399 g/mol. The van der Waals surface area contributed by atoms with Crippen molar-refractivity contribution in [1.29, 1.82) is 0 Å². The lowest BCUT2D eigenvalue weighted by Crippen LogP contribution is -2.24. The normalized spacial score (nSPS) is 11.4. The van der Waals surface area contributed by atoms with Gasteiger partial charge >= 0.3 is 5.97 Å². The first-order chi connectivity index (χ1) is 13.7. The van der Waals surface area contributed by atoms with Crippen LogP contribution in [0.2, 0.25) is 0 Å². The maximum absolute atomic E-state index is 12.9. The molecule has 2 rings (SSSR count). The molecule has 6 heteroatoms. The van der Waals surface area contributed by atoms with Crippen LogP contribution in [0, 0.1) is 0 Å². The maximum atomic E-state index is 12.9. The van der Waals surface area contributed by atoms with Gasteiger partial charge < -0.3 is 19.8 Å². The summed E-state index contributed by atoms with van der Waals surface area (Å²) in [6.45, 7) is 9.99. The van der Waals surface area contributed by atoms with E-state index < -0.39 is 11.5 Å².